The zero-order chi connectivity index (χ0) is 14.5. The summed E-state index contributed by atoms with van der Waals surface area (Å²) in [5, 5.41) is 19.6. The second kappa shape index (κ2) is 6.54. The Bertz CT molecular complexity index is 400. The molecule has 19 heavy (non-hydrogen) atoms. The summed E-state index contributed by atoms with van der Waals surface area (Å²) >= 11 is 0. The average molecular weight is 267 g/mol. The number of carbonyl (C=O) groups is 1. The quantitative estimate of drug-likeness (QED) is 0.648. The number of rotatable bonds is 4. The molecule has 0 heterocycles. The van der Waals surface area contributed by atoms with Gasteiger partial charge in [0.15, 0.2) is 0 Å². The van der Waals surface area contributed by atoms with E-state index in [0.29, 0.717) is 11.5 Å². The topological polar surface area (TPSA) is 70.0 Å². The van der Waals surface area contributed by atoms with Crippen molar-refractivity contribution in [2.24, 2.45) is 0 Å². The Balaban J connectivity index is 2.66. The monoisotopic (exact) mass is 267 g/mol. The maximum atomic E-state index is 11.7. The van der Waals surface area contributed by atoms with Crippen molar-refractivity contribution in [3.05, 3.63) is 35.9 Å². The molecule has 0 radical (unpaired) electrons. The highest BCUT2D eigenvalue weighted by atomic mass is 16.6. The fourth-order valence-corrected chi connectivity index (χ4v) is 1.57. The Hall–Kier alpha value is -1.59. The van der Waals surface area contributed by atoms with E-state index in [4.69, 9.17) is 4.74 Å². The maximum absolute atomic E-state index is 11.7. The minimum absolute atomic E-state index is 0.343. The molecule has 5 heteroatoms. The molecule has 0 aliphatic rings. The molecule has 0 saturated carbocycles. The lowest BCUT2D eigenvalue weighted by Gasteiger charge is -2.27. The van der Waals surface area contributed by atoms with Crippen LogP contribution in [0.4, 0.5) is 4.79 Å². The van der Waals surface area contributed by atoms with Crippen molar-refractivity contribution >= 4 is 6.09 Å². The Kier molecular flexibility index (Phi) is 5.32. The molecule has 1 aromatic rings. The largest absolute Gasteiger partial charge is 0.442 e. The minimum Gasteiger partial charge on any atom is -0.442 e. The predicted octanol–water partition coefficient (Wildman–Crippen LogP) is 2.22. The van der Waals surface area contributed by atoms with Crippen LogP contribution >= 0.6 is 0 Å². The van der Waals surface area contributed by atoms with Crippen molar-refractivity contribution in [3.8, 4) is 0 Å². The van der Waals surface area contributed by atoms with Gasteiger partial charge < -0.3 is 9.84 Å². The first kappa shape index (κ1) is 15.5. The van der Waals surface area contributed by atoms with Crippen LogP contribution in [-0.2, 0) is 11.2 Å². The minimum atomic E-state index is -0.859. The highest BCUT2D eigenvalue weighted by Gasteiger charge is 2.27. The molecule has 0 saturated heterocycles. The zero-order valence-electron chi connectivity index (χ0n) is 11.5. The number of benzene rings is 1. The molecule has 0 aliphatic carbocycles. The Morgan fingerprint density at radius 1 is 1.32 bits per heavy atom. The standard InChI is InChI=1S/C14H21NO4/c1-14(2,3)19-13(17)15(18)12(10-16)9-11-7-5-4-6-8-11/h4-8,12,16,18H,9-10H2,1-3H3. The second-order valence-electron chi connectivity index (χ2n) is 5.35. The first-order valence-corrected chi connectivity index (χ1v) is 6.19. The van der Waals surface area contributed by atoms with Crippen LogP contribution in [0.2, 0.25) is 0 Å². The number of hydroxylamine groups is 2. The molecule has 0 bridgehead atoms. The molecule has 5 nitrogen and oxygen atoms in total. The van der Waals surface area contributed by atoms with Crippen LogP contribution in [0.15, 0.2) is 30.3 Å². The van der Waals surface area contributed by atoms with Crippen LogP contribution in [0, 0.1) is 0 Å². The van der Waals surface area contributed by atoms with Gasteiger partial charge in [0, 0.05) is 0 Å². The molecular formula is C14H21NO4. The van der Waals surface area contributed by atoms with E-state index in [1.165, 1.54) is 0 Å². The molecule has 1 unspecified atom stereocenters. The van der Waals surface area contributed by atoms with Crippen molar-refractivity contribution in [2.45, 2.75) is 38.8 Å². The fraction of sp³-hybridized carbons (Fsp3) is 0.500. The molecule has 0 aliphatic heterocycles. The normalized spacial score (nSPS) is 12.9. The van der Waals surface area contributed by atoms with E-state index in [1.54, 1.807) is 20.8 Å². The number of hydrogen-bond acceptors (Lipinski definition) is 4. The van der Waals surface area contributed by atoms with Crippen LogP contribution in [-0.4, -0.2) is 39.7 Å². The van der Waals surface area contributed by atoms with E-state index in [-0.39, 0.29) is 6.61 Å². The van der Waals surface area contributed by atoms with Gasteiger partial charge in [-0.05, 0) is 32.8 Å². The summed E-state index contributed by atoms with van der Waals surface area (Å²) in [6, 6.07) is 8.61. The van der Waals surface area contributed by atoms with Crippen molar-refractivity contribution in [1.29, 1.82) is 0 Å². The van der Waals surface area contributed by atoms with Gasteiger partial charge >= 0.3 is 6.09 Å². The van der Waals surface area contributed by atoms with Gasteiger partial charge in [0.1, 0.15) is 5.60 Å². The SMILES string of the molecule is CC(C)(C)OC(=O)N(O)C(CO)Cc1ccccc1. The van der Waals surface area contributed by atoms with Gasteiger partial charge in [-0.25, -0.2) is 4.79 Å². The highest BCUT2D eigenvalue weighted by Crippen LogP contribution is 2.13. The van der Waals surface area contributed by atoms with Crippen molar-refractivity contribution in [3.63, 3.8) is 0 Å². The van der Waals surface area contributed by atoms with Crippen LogP contribution in [0.5, 0.6) is 0 Å². The maximum Gasteiger partial charge on any atom is 0.434 e. The number of nitrogens with zero attached hydrogens (tertiary/aromatic N) is 1. The van der Waals surface area contributed by atoms with E-state index in [9.17, 15) is 15.1 Å². The van der Waals surface area contributed by atoms with Gasteiger partial charge in [0.25, 0.3) is 0 Å². The van der Waals surface area contributed by atoms with E-state index < -0.39 is 17.7 Å². The number of carbonyl (C=O) groups excluding carboxylic acids is 1. The van der Waals surface area contributed by atoms with Crippen molar-refractivity contribution < 1.29 is 19.8 Å². The Labute approximate surface area is 113 Å². The van der Waals surface area contributed by atoms with Gasteiger partial charge in [-0.15, -0.1) is 0 Å². The van der Waals surface area contributed by atoms with E-state index in [2.05, 4.69) is 0 Å². The summed E-state index contributed by atoms with van der Waals surface area (Å²) in [5.74, 6) is 0. The van der Waals surface area contributed by atoms with Crippen LogP contribution < -0.4 is 0 Å². The summed E-state index contributed by atoms with van der Waals surface area (Å²) in [6.45, 7) is 4.79. The third kappa shape index (κ3) is 5.28. The number of aliphatic hydroxyl groups excluding tert-OH is 1. The molecule has 1 atom stereocenters. The van der Waals surface area contributed by atoms with Gasteiger partial charge in [-0.2, -0.15) is 5.06 Å². The van der Waals surface area contributed by atoms with Crippen LogP contribution in [0.3, 0.4) is 0 Å². The Morgan fingerprint density at radius 3 is 2.37 bits per heavy atom. The lowest BCUT2D eigenvalue weighted by molar-refractivity contribution is -0.128. The first-order valence-electron chi connectivity index (χ1n) is 6.19. The predicted molar refractivity (Wildman–Crippen MR) is 70.9 cm³/mol. The van der Waals surface area contributed by atoms with Gasteiger partial charge in [-0.1, -0.05) is 30.3 Å². The average Bonchev–Trinajstić information content (AvgIpc) is 2.34. The van der Waals surface area contributed by atoms with Gasteiger partial charge in [0.2, 0.25) is 0 Å². The smallest absolute Gasteiger partial charge is 0.434 e. The molecule has 1 aromatic carbocycles. The number of ether oxygens (including phenoxy) is 1. The lowest BCUT2D eigenvalue weighted by Crippen LogP contribution is -2.44. The van der Waals surface area contributed by atoms with E-state index in [1.807, 2.05) is 30.3 Å². The molecule has 0 fully saturated rings. The molecule has 1 rings (SSSR count). The van der Waals surface area contributed by atoms with Gasteiger partial charge in [0.05, 0.1) is 12.6 Å². The van der Waals surface area contributed by atoms with Crippen molar-refractivity contribution in [2.75, 3.05) is 6.61 Å². The Morgan fingerprint density at radius 2 is 1.89 bits per heavy atom. The molecule has 1 amide bonds. The molecule has 106 valence electrons. The lowest BCUT2D eigenvalue weighted by atomic mass is 10.1. The second-order valence-corrected chi connectivity index (χ2v) is 5.35. The molecule has 2 N–H and O–H groups in total. The third-order valence-electron chi connectivity index (χ3n) is 2.45. The van der Waals surface area contributed by atoms with Crippen LogP contribution in [0.25, 0.3) is 0 Å². The summed E-state index contributed by atoms with van der Waals surface area (Å²) < 4.78 is 5.05. The summed E-state index contributed by atoms with van der Waals surface area (Å²) in [7, 11) is 0. The summed E-state index contributed by atoms with van der Waals surface area (Å²) in [4.78, 5) is 11.7. The zero-order valence-corrected chi connectivity index (χ0v) is 11.5. The van der Waals surface area contributed by atoms with E-state index in [0.717, 1.165) is 5.56 Å². The number of aliphatic hydroxyl groups is 1. The van der Waals surface area contributed by atoms with Crippen molar-refractivity contribution in [1.82, 2.24) is 5.06 Å². The van der Waals surface area contributed by atoms with E-state index >= 15 is 0 Å². The molecule has 0 spiro atoms. The van der Waals surface area contributed by atoms with Gasteiger partial charge in [-0.3, -0.25) is 5.21 Å². The molecular weight excluding hydrogens is 246 g/mol. The number of hydrogen-bond donors (Lipinski definition) is 2. The third-order valence-corrected chi connectivity index (χ3v) is 2.45. The number of amides is 1. The molecule has 0 aromatic heterocycles. The first-order chi connectivity index (χ1) is 8.83. The highest BCUT2D eigenvalue weighted by molar-refractivity contribution is 5.67. The summed E-state index contributed by atoms with van der Waals surface area (Å²) in [5.41, 5.74) is 0.231. The summed E-state index contributed by atoms with van der Waals surface area (Å²) in [6.07, 6.45) is -0.505. The fourth-order valence-electron chi connectivity index (χ4n) is 1.57. The van der Waals surface area contributed by atoms with Crippen LogP contribution in [0.1, 0.15) is 26.3 Å².